The van der Waals surface area contributed by atoms with E-state index in [1.807, 2.05) is 13.0 Å². The number of hydrogen-bond acceptors (Lipinski definition) is 1. The van der Waals surface area contributed by atoms with E-state index < -0.39 is 0 Å². The maximum Gasteiger partial charge on any atom is 0.105 e. The van der Waals surface area contributed by atoms with Crippen molar-refractivity contribution in [1.82, 2.24) is 0 Å². The lowest BCUT2D eigenvalue weighted by Gasteiger charge is -2.11. The fourth-order valence-electron chi connectivity index (χ4n) is 1.89. The van der Waals surface area contributed by atoms with Crippen molar-refractivity contribution in [3.05, 3.63) is 59.0 Å². The molecule has 1 nitrogen and oxygen atoms in total. The maximum atomic E-state index is 6.45. The predicted molar refractivity (Wildman–Crippen MR) is 71.7 cm³/mol. The molecule has 0 amide bonds. The summed E-state index contributed by atoms with van der Waals surface area (Å²) in [7, 11) is 0. The highest BCUT2D eigenvalue weighted by Crippen LogP contribution is 2.32. The molecular formula is C15H17ClO. The van der Waals surface area contributed by atoms with Crippen LogP contribution >= 0.6 is 11.6 Å². The second-order valence-electron chi connectivity index (χ2n) is 4.62. The van der Waals surface area contributed by atoms with Gasteiger partial charge in [-0.15, -0.1) is 11.6 Å². The molecule has 0 saturated heterocycles. The molecule has 2 aromatic rings. The van der Waals surface area contributed by atoms with Crippen molar-refractivity contribution < 1.29 is 4.42 Å². The second-order valence-corrected chi connectivity index (χ2v) is 5.05. The van der Waals surface area contributed by atoms with Gasteiger partial charge < -0.3 is 4.42 Å². The van der Waals surface area contributed by atoms with E-state index in [9.17, 15) is 0 Å². The molecular weight excluding hydrogens is 232 g/mol. The summed E-state index contributed by atoms with van der Waals surface area (Å²) in [5.41, 5.74) is 3.49. The van der Waals surface area contributed by atoms with Gasteiger partial charge in [0.15, 0.2) is 0 Å². The highest BCUT2D eigenvalue weighted by Gasteiger charge is 2.15. The topological polar surface area (TPSA) is 13.1 Å². The van der Waals surface area contributed by atoms with Gasteiger partial charge in [-0.1, -0.05) is 38.1 Å². The van der Waals surface area contributed by atoms with Crippen LogP contribution in [0.25, 0.3) is 0 Å². The van der Waals surface area contributed by atoms with E-state index in [-0.39, 0.29) is 5.38 Å². The first-order valence-corrected chi connectivity index (χ1v) is 6.31. The molecule has 2 heteroatoms. The van der Waals surface area contributed by atoms with Crippen LogP contribution in [0.15, 0.2) is 41.0 Å². The minimum absolute atomic E-state index is 0.130. The summed E-state index contributed by atoms with van der Waals surface area (Å²) in [6, 6.07) is 10.4. The lowest BCUT2D eigenvalue weighted by atomic mass is 9.99. The van der Waals surface area contributed by atoms with Gasteiger partial charge in [0.1, 0.15) is 5.76 Å². The molecule has 0 bridgehead atoms. The lowest BCUT2D eigenvalue weighted by molar-refractivity contribution is 0.530. The van der Waals surface area contributed by atoms with Gasteiger partial charge in [-0.25, -0.2) is 0 Å². The molecule has 0 N–H and O–H groups in total. The van der Waals surface area contributed by atoms with Crippen molar-refractivity contribution in [3.63, 3.8) is 0 Å². The SMILES string of the molecule is Cc1occc1C(Cl)c1ccc(C(C)C)cc1. The van der Waals surface area contributed by atoms with E-state index in [1.54, 1.807) is 6.26 Å². The summed E-state index contributed by atoms with van der Waals surface area (Å²) in [5.74, 6) is 1.44. The molecule has 0 spiro atoms. The first-order chi connectivity index (χ1) is 8.09. The fraction of sp³-hybridized carbons (Fsp3) is 0.333. The lowest BCUT2D eigenvalue weighted by Crippen LogP contribution is -1.94. The molecule has 2 rings (SSSR count). The van der Waals surface area contributed by atoms with E-state index in [0.717, 1.165) is 16.9 Å². The number of halogens is 1. The normalized spacial score (nSPS) is 13.0. The molecule has 1 aromatic carbocycles. The van der Waals surface area contributed by atoms with Crippen molar-refractivity contribution in [1.29, 1.82) is 0 Å². The van der Waals surface area contributed by atoms with Crippen molar-refractivity contribution in [2.45, 2.75) is 32.1 Å². The van der Waals surface area contributed by atoms with Gasteiger partial charge in [0.2, 0.25) is 0 Å². The van der Waals surface area contributed by atoms with Crippen LogP contribution < -0.4 is 0 Å². The molecule has 0 saturated carbocycles. The smallest absolute Gasteiger partial charge is 0.105 e. The van der Waals surface area contributed by atoms with Crippen molar-refractivity contribution in [2.24, 2.45) is 0 Å². The average Bonchev–Trinajstić information content (AvgIpc) is 2.74. The monoisotopic (exact) mass is 248 g/mol. The predicted octanol–water partition coefficient (Wildman–Crippen LogP) is 5.04. The third-order valence-corrected chi connectivity index (χ3v) is 3.55. The Balaban J connectivity index is 2.26. The molecule has 17 heavy (non-hydrogen) atoms. The number of hydrogen-bond donors (Lipinski definition) is 0. The van der Waals surface area contributed by atoms with Crippen LogP contribution in [0.4, 0.5) is 0 Å². The molecule has 0 aliphatic rings. The molecule has 1 atom stereocenters. The Morgan fingerprint density at radius 2 is 1.59 bits per heavy atom. The van der Waals surface area contributed by atoms with E-state index in [4.69, 9.17) is 16.0 Å². The summed E-state index contributed by atoms with van der Waals surface area (Å²) in [5, 5.41) is -0.130. The minimum Gasteiger partial charge on any atom is -0.469 e. The Hall–Kier alpha value is -1.21. The Labute approximate surface area is 107 Å². The zero-order chi connectivity index (χ0) is 12.4. The largest absolute Gasteiger partial charge is 0.469 e. The van der Waals surface area contributed by atoms with Crippen molar-refractivity contribution in [2.75, 3.05) is 0 Å². The fourth-order valence-corrected chi connectivity index (χ4v) is 2.26. The summed E-state index contributed by atoms with van der Waals surface area (Å²) in [6.07, 6.45) is 1.68. The molecule has 0 radical (unpaired) electrons. The van der Waals surface area contributed by atoms with Crippen molar-refractivity contribution in [3.8, 4) is 0 Å². The minimum atomic E-state index is -0.130. The highest BCUT2D eigenvalue weighted by atomic mass is 35.5. The van der Waals surface area contributed by atoms with Crippen LogP contribution in [-0.4, -0.2) is 0 Å². The Morgan fingerprint density at radius 3 is 2.06 bits per heavy atom. The Kier molecular flexibility index (Phi) is 3.58. The standard InChI is InChI=1S/C15H17ClO/c1-10(2)12-4-6-13(7-5-12)15(16)14-8-9-17-11(14)3/h4-10,15H,1-3H3. The molecule has 1 heterocycles. The number of rotatable bonds is 3. The summed E-state index contributed by atoms with van der Waals surface area (Å²) in [4.78, 5) is 0. The van der Waals surface area contributed by atoms with E-state index >= 15 is 0 Å². The number of benzene rings is 1. The Bertz CT molecular complexity index is 482. The van der Waals surface area contributed by atoms with Gasteiger partial charge in [0, 0.05) is 5.56 Å². The summed E-state index contributed by atoms with van der Waals surface area (Å²) >= 11 is 6.45. The van der Waals surface area contributed by atoms with Crippen LogP contribution in [0.1, 0.15) is 47.6 Å². The number of aryl methyl sites for hydroxylation is 1. The van der Waals surface area contributed by atoms with Crippen LogP contribution in [0.3, 0.4) is 0 Å². The summed E-state index contributed by atoms with van der Waals surface area (Å²) in [6.45, 7) is 6.31. The molecule has 0 fully saturated rings. The van der Waals surface area contributed by atoms with Crippen molar-refractivity contribution >= 4 is 11.6 Å². The molecule has 1 aromatic heterocycles. The van der Waals surface area contributed by atoms with E-state index in [1.165, 1.54) is 5.56 Å². The molecule has 0 aliphatic heterocycles. The second kappa shape index (κ2) is 4.97. The van der Waals surface area contributed by atoms with Crippen LogP contribution in [0, 0.1) is 6.92 Å². The van der Waals surface area contributed by atoms with Gasteiger partial charge >= 0.3 is 0 Å². The van der Waals surface area contributed by atoms with E-state index in [2.05, 4.69) is 38.1 Å². The van der Waals surface area contributed by atoms with Gasteiger partial charge in [0.25, 0.3) is 0 Å². The molecule has 1 unspecified atom stereocenters. The van der Waals surface area contributed by atoms with Crippen LogP contribution in [-0.2, 0) is 0 Å². The first-order valence-electron chi connectivity index (χ1n) is 5.87. The van der Waals surface area contributed by atoms with Gasteiger partial charge in [-0.05, 0) is 30.0 Å². The quantitative estimate of drug-likeness (QED) is 0.694. The number of furan rings is 1. The van der Waals surface area contributed by atoms with E-state index in [0.29, 0.717) is 5.92 Å². The van der Waals surface area contributed by atoms with Gasteiger partial charge in [-0.3, -0.25) is 0 Å². The molecule has 90 valence electrons. The molecule has 0 aliphatic carbocycles. The zero-order valence-corrected chi connectivity index (χ0v) is 11.2. The highest BCUT2D eigenvalue weighted by molar-refractivity contribution is 6.22. The van der Waals surface area contributed by atoms with Gasteiger partial charge in [0.05, 0.1) is 11.6 Å². The van der Waals surface area contributed by atoms with Gasteiger partial charge in [-0.2, -0.15) is 0 Å². The maximum absolute atomic E-state index is 6.45. The third kappa shape index (κ3) is 2.55. The first kappa shape index (κ1) is 12.3. The van der Waals surface area contributed by atoms with Crippen LogP contribution in [0.5, 0.6) is 0 Å². The third-order valence-electron chi connectivity index (χ3n) is 3.07. The van der Waals surface area contributed by atoms with Crippen LogP contribution in [0.2, 0.25) is 0 Å². The summed E-state index contributed by atoms with van der Waals surface area (Å²) < 4.78 is 5.28. The average molecular weight is 249 g/mol. The number of alkyl halides is 1. The zero-order valence-electron chi connectivity index (χ0n) is 10.4. The Morgan fingerprint density at radius 1 is 1.00 bits per heavy atom.